The smallest absolute Gasteiger partial charge is 0.225 e. The minimum Gasteiger partial charge on any atom is -0.338 e. The maximum Gasteiger partial charge on any atom is 0.225 e. The Bertz CT molecular complexity index is 686. The van der Waals surface area contributed by atoms with E-state index < -0.39 is 0 Å². The van der Waals surface area contributed by atoms with Gasteiger partial charge in [-0.05, 0) is 31.9 Å². The van der Waals surface area contributed by atoms with E-state index in [4.69, 9.17) is 0 Å². The van der Waals surface area contributed by atoms with E-state index in [1.807, 2.05) is 19.1 Å². The molecule has 1 atom stereocenters. The number of pyridine rings is 1. The summed E-state index contributed by atoms with van der Waals surface area (Å²) in [5.41, 5.74) is 1.59. The molecule has 3 rings (SSSR count). The van der Waals surface area contributed by atoms with Crippen LogP contribution < -0.4 is 10.2 Å². The lowest BCUT2D eigenvalue weighted by atomic mass is 10.2. The van der Waals surface area contributed by atoms with Crippen molar-refractivity contribution in [1.29, 1.82) is 0 Å². The molecule has 6 nitrogen and oxygen atoms in total. The van der Waals surface area contributed by atoms with Crippen molar-refractivity contribution in [3.8, 4) is 11.3 Å². The van der Waals surface area contributed by atoms with E-state index in [0.29, 0.717) is 18.3 Å². The van der Waals surface area contributed by atoms with Crippen LogP contribution in [-0.4, -0.2) is 33.4 Å². The second kappa shape index (κ2) is 6.73. The van der Waals surface area contributed by atoms with Crippen molar-refractivity contribution in [2.24, 2.45) is 0 Å². The molecule has 0 aliphatic carbocycles. The van der Waals surface area contributed by atoms with Gasteiger partial charge in [0.25, 0.3) is 0 Å². The van der Waals surface area contributed by atoms with Crippen LogP contribution in [-0.2, 0) is 4.79 Å². The average Bonchev–Trinajstić information content (AvgIpc) is 3.01. The Hall–Kier alpha value is -2.50. The fourth-order valence-electron chi connectivity index (χ4n) is 2.73. The van der Waals surface area contributed by atoms with E-state index in [2.05, 4.69) is 32.1 Å². The van der Waals surface area contributed by atoms with Crippen molar-refractivity contribution < 1.29 is 4.79 Å². The molecular weight excluding hydrogens is 290 g/mol. The van der Waals surface area contributed by atoms with Crippen LogP contribution in [0.2, 0.25) is 0 Å². The summed E-state index contributed by atoms with van der Waals surface area (Å²) in [6.07, 6.45) is 6.39. The lowest BCUT2D eigenvalue weighted by Gasteiger charge is -2.20. The van der Waals surface area contributed by atoms with Gasteiger partial charge in [-0.2, -0.15) is 0 Å². The molecule has 0 aromatic carbocycles. The zero-order valence-electron chi connectivity index (χ0n) is 13.5. The van der Waals surface area contributed by atoms with Crippen LogP contribution in [0.3, 0.4) is 0 Å². The molecule has 0 unspecified atom stereocenters. The minimum atomic E-state index is -0.0516. The highest BCUT2D eigenvalue weighted by atomic mass is 16.1. The fraction of sp³-hybridized carbons (Fsp3) is 0.412. The topological polar surface area (TPSA) is 71.0 Å². The molecule has 2 aromatic rings. The molecule has 0 radical (unpaired) electrons. The third-order valence-electron chi connectivity index (χ3n) is 4.08. The van der Waals surface area contributed by atoms with Gasteiger partial charge in [-0.25, -0.2) is 15.0 Å². The van der Waals surface area contributed by atoms with Crippen LogP contribution >= 0.6 is 0 Å². The maximum absolute atomic E-state index is 11.5. The molecule has 0 spiro atoms. The SMILES string of the molecule is CCC(=O)Nc1cccc(-c2cnc(N3CCC[C@H]3C)nc2)n1. The number of nitrogens with zero attached hydrogens (tertiary/aromatic N) is 4. The first-order valence-corrected chi connectivity index (χ1v) is 8.03. The van der Waals surface area contributed by atoms with Gasteiger partial charge in [0, 0.05) is 37.0 Å². The van der Waals surface area contributed by atoms with Crippen LogP contribution in [0.1, 0.15) is 33.1 Å². The van der Waals surface area contributed by atoms with Crippen molar-refractivity contribution >= 4 is 17.7 Å². The summed E-state index contributed by atoms with van der Waals surface area (Å²) in [4.78, 5) is 27.1. The molecule has 6 heteroatoms. The normalized spacial score (nSPS) is 17.3. The minimum absolute atomic E-state index is 0.0516. The zero-order valence-corrected chi connectivity index (χ0v) is 13.5. The Balaban J connectivity index is 1.79. The molecule has 1 N–H and O–H groups in total. The third-order valence-corrected chi connectivity index (χ3v) is 4.08. The molecule has 0 bridgehead atoms. The Morgan fingerprint density at radius 3 is 2.78 bits per heavy atom. The van der Waals surface area contributed by atoms with Gasteiger partial charge in [-0.1, -0.05) is 13.0 Å². The lowest BCUT2D eigenvalue weighted by Crippen LogP contribution is -2.28. The van der Waals surface area contributed by atoms with Crippen molar-refractivity contribution in [2.75, 3.05) is 16.8 Å². The molecule has 2 aromatic heterocycles. The number of nitrogens with one attached hydrogen (secondary N) is 1. The third kappa shape index (κ3) is 3.47. The first-order valence-electron chi connectivity index (χ1n) is 8.03. The molecule has 120 valence electrons. The number of carbonyl (C=O) groups excluding carboxylic acids is 1. The largest absolute Gasteiger partial charge is 0.338 e. The van der Waals surface area contributed by atoms with Gasteiger partial charge in [-0.15, -0.1) is 0 Å². The number of carbonyl (C=O) groups is 1. The highest BCUT2D eigenvalue weighted by molar-refractivity contribution is 5.89. The lowest BCUT2D eigenvalue weighted by molar-refractivity contribution is -0.115. The second-order valence-corrected chi connectivity index (χ2v) is 5.77. The van der Waals surface area contributed by atoms with E-state index in [0.717, 1.165) is 23.8 Å². The summed E-state index contributed by atoms with van der Waals surface area (Å²) in [5.74, 6) is 1.27. The summed E-state index contributed by atoms with van der Waals surface area (Å²) < 4.78 is 0. The summed E-state index contributed by atoms with van der Waals surface area (Å²) in [5, 5.41) is 2.76. The van der Waals surface area contributed by atoms with Crippen molar-refractivity contribution in [1.82, 2.24) is 15.0 Å². The predicted octanol–water partition coefficient (Wildman–Crippen LogP) is 2.88. The zero-order chi connectivity index (χ0) is 16.2. The van der Waals surface area contributed by atoms with Crippen molar-refractivity contribution in [3.63, 3.8) is 0 Å². The van der Waals surface area contributed by atoms with Crippen LogP contribution in [0.25, 0.3) is 11.3 Å². The Morgan fingerprint density at radius 1 is 1.35 bits per heavy atom. The van der Waals surface area contributed by atoms with E-state index in [9.17, 15) is 4.79 Å². The molecule has 1 aliphatic rings. The van der Waals surface area contributed by atoms with Crippen LogP contribution in [0.4, 0.5) is 11.8 Å². The van der Waals surface area contributed by atoms with Gasteiger partial charge in [0.05, 0.1) is 5.69 Å². The van der Waals surface area contributed by atoms with Gasteiger partial charge in [0.15, 0.2) is 0 Å². The summed E-state index contributed by atoms with van der Waals surface area (Å²) >= 11 is 0. The maximum atomic E-state index is 11.5. The summed E-state index contributed by atoms with van der Waals surface area (Å²) in [7, 11) is 0. The number of anilines is 2. The molecule has 1 amide bonds. The monoisotopic (exact) mass is 311 g/mol. The van der Waals surface area contributed by atoms with Crippen LogP contribution in [0.5, 0.6) is 0 Å². The van der Waals surface area contributed by atoms with Crippen molar-refractivity contribution in [3.05, 3.63) is 30.6 Å². The Kier molecular flexibility index (Phi) is 4.50. The van der Waals surface area contributed by atoms with Gasteiger partial charge in [0.1, 0.15) is 5.82 Å². The predicted molar refractivity (Wildman–Crippen MR) is 90.2 cm³/mol. The highest BCUT2D eigenvalue weighted by Gasteiger charge is 2.22. The van der Waals surface area contributed by atoms with Crippen LogP contribution in [0.15, 0.2) is 30.6 Å². The molecule has 1 saturated heterocycles. The molecule has 1 fully saturated rings. The molecule has 1 aliphatic heterocycles. The van der Waals surface area contributed by atoms with Gasteiger partial charge < -0.3 is 10.2 Å². The summed E-state index contributed by atoms with van der Waals surface area (Å²) in [6.45, 7) is 5.02. The molecule has 23 heavy (non-hydrogen) atoms. The van der Waals surface area contributed by atoms with Gasteiger partial charge in [-0.3, -0.25) is 4.79 Å². The summed E-state index contributed by atoms with van der Waals surface area (Å²) in [6, 6.07) is 6.02. The van der Waals surface area contributed by atoms with Crippen molar-refractivity contribution in [2.45, 2.75) is 39.2 Å². The van der Waals surface area contributed by atoms with Gasteiger partial charge in [0.2, 0.25) is 11.9 Å². The van der Waals surface area contributed by atoms with E-state index in [-0.39, 0.29) is 5.91 Å². The standard InChI is InChI=1S/C17H21N5O/c1-3-16(23)21-15-8-4-7-14(20-15)13-10-18-17(19-11-13)22-9-5-6-12(22)2/h4,7-8,10-12H,3,5-6,9H2,1-2H3,(H,20,21,23)/t12-/m1/s1. The first-order chi connectivity index (χ1) is 11.2. The van der Waals surface area contributed by atoms with E-state index in [1.165, 1.54) is 12.8 Å². The quantitative estimate of drug-likeness (QED) is 0.940. The fourth-order valence-corrected chi connectivity index (χ4v) is 2.73. The van der Waals surface area contributed by atoms with E-state index in [1.54, 1.807) is 18.5 Å². The number of hydrogen-bond donors (Lipinski definition) is 1. The Morgan fingerprint density at radius 2 is 2.13 bits per heavy atom. The molecule has 0 saturated carbocycles. The average molecular weight is 311 g/mol. The first kappa shape index (κ1) is 15.4. The number of aromatic nitrogens is 3. The molecule has 3 heterocycles. The molecular formula is C17H21N5O. The van der Waals surface area contributed by atoms with Gasteiger partial charge >= 0.3 is 0 Å². The Labute approximate surface area is 136 Å². The number of hydrogen-bond acceptors (Lipinski definition) is 5. The van der Waals surface area contributed by atoms with Crippen LogP contribution in [0, 0.1) is 0 Å². The van der Waals surface area contributed by atoms with E-state index >= 15 is 0 Å². The number of amides is 1. The highest BCUT2D eigenvalue weighted by Crippen LogP contribution is 2.23. The number of rotatable bonds is 4. The second-order valence-electron chi connectivity index (χ2n) is 5.77.